The maximum absolute atomic E-state index is 13.1. The number of amides is 1. The highest BCUT2D eigenvalue weighted by Gasteiger charge is 2.28. The normalized spacial score (nSPS) is 17.0. The van der Waals surface area contributed by atoms with E-state index in [0.29, 0.717) is 17.3 Å². The number of para-hydroxylation sites is 1. The van der Waals surface area contributed by atoms with Crippen LogP contribution in [0, 0.1) is 0 Å². The quantitative estimate of drug-likeness (QED) is 0.853. The fourth-order valence-electron chi connectivity index (χ4n) is 3.03. The maximum Gasteiger partial charge on any atom is 0.262 e. The number of anilines is 2. The van der Waals surface area contributed by atoms with Crippen molar-refractivity contribution in [3.05, 3.63) is 53.7 Å². The van der Waals surface area contributed by atoms with E-state index in [0.717, 1.165) is 18.7 Å². The van der Waals surface area contributed by atoms with Gasteiger partial charge in [-0.05, 0) is 36.1 Å². The van der Waals surface area contributed by atoms with Gasteiger partial charge in [0.05, 0.1) is 5.56 Å². The molecule has 1 aromatic heterocycles. The first-order valence-corrected chi connectivity index (χ1v) is 7.62. The number of hydrogen-bond donors (Lipinski definition) is 0. The smallest absolute Gasteiger partial charge is 0.262 e. The predicted octanol–water partition coefficient (Wildman–Crippen LogP) is 3.30. The Morgan fingerprint density at radius 2 is 2.00 bits per heavy atom. The zero-order valence-corrected chi connectivity index (χ0v) is 13.3. The molecule has 2 heterocycles. The lowest BCUT2D eigenvalue weighted by atomic mass is 9.91. The molecule has 4 heteroatoms. The van der Waals surface area contributed by atoms with Crippen molar-refractivity contribution in [1.82, 2.24) is 4.98 Å². The van der Waals surface area contributed by atoms with E-state index in [4.69, 9.17) is 0 Å². The van der Waals surface area contributed by atoms with E-state index in [1.807, 2.05) is 54.2 Å². The van der Waals surface area contributed by atoms with E-state index in [2.05, 4.69) is 18.0 Å². The molecule has 1 amide bonds. The van der Waals surface area contributed by atoms with E-state index < -0.39 is 0 Å². The van der Waals surface area contributed by atoms with Crippen LogP contribution in [0.5, 0.6) is 0 Å². The average molecular weight is 295 g/mol. The van der Waals surface area contributed by atoms with Crippen molar-refractivity contribution in [3.8, 4) is 0 Å². The number of rotatable bonds is 2. The summed E-state index contributed by atoms with van der Waals surface area (Å²) in [6, 6.07) is 11.9. The highest BCUT2D eigenvalue weighted by atomic mass is 16.2. The molecule has 114 valence electrons. The molecule has 0 saturated heterocycles. The molecule has 0 aliphatic carbocycles. The number of aromatic nitrogens is 1. The van der Waals surface area contributed by atoms with Crippen LogP contribution in [-0.2, 0) is 0 Å². The summed E-state index contributed by atoms with van der Waals surface area (Å²) in [7, 11) is 3.82. The Morgan fingerprint density at radius 1 is 1.23 bits per heavy atom. The van der Waals surface area contributed by atoms with Crippen molar-refractivity contribution < 1.29 is 4.79 Å². The van der Waals surface area contributed by atoms with Crippen molar-refractivity contribution in [2.75, 3.05) is 30.4 Å². The molecule has 0 spiro atoms. The molecule has 0 bridgehead atoms. The van der Waals surface area contributed by atoms with Gasteiger partial charge in [0.2, 0.25) is 0 Å². The average Bonchev–Trinajstić information content (AvgIpc) is 2.55. The molecule has 22 heavy (non-hydrogen) atoms. The molecular weight excluding hydrogens is 274 g/mol. The second-order valence-corrected chi connectivity index (χ2v) is 5.97. The molecule has 4 nitrogen and oxygen atoms in total. The maximum atomic E-state index is 13.1. The van der Waals surface area contributed by atoms with Gasteiger partial charge in [-0.15, -0.1) is 0 Å². The van der Waals surface area contributed by atoms with Crippen LogP contribution in [0.25, 0.3) is 0 Å². The van der Waals surface area contributed by atoms with Crippen LogP contribution in [0.1, 0.15) is 35.2 Å². The van der Waals surface area contributed by atoms with Gasteiger partial charge in [-0.2, -0.15) is 0 Å². The summed E-state index contributed by atoms with van der Waals surface area (Å²) in [6.07, 6.45) is 2.71. The Balaban J connectivity index is 2.02. The van der Waals surface area contributed by atoms with Crippen LogP contribution in [-0.4, -0.2) is 31.5 Å². The minimum absolute atomic E-state index is 0.0242. The van der Waals surface area contributed by atoms with E-state index >= 15 is 0 Å². The topological polar surface area (TPSA) is 36.4 Å². The summed E-state index contributed by atoms with van der Waals surface area (Å²) >= 11 is 0. The zero-order valence-electron chi connectivity index (χ0n) is 13.3. The fraction of sp³-hybridized carbons (Fsp3) is 0.333. The number of nitrogens with zero attached hydrogens (tertiary/aromatic N) is 3. The number of carbonyl (C=O) groups is 1. The van der Waals surface area contributed by atoms with Crippen LogP contribution in [0.3, 0.4) is 0 Å². The number of pyridine rings is 1. The molecule has 0 unspecified atom stereocenters. The highest BCUT2D eigenvalue weighted by Crippen LogP contribution is 2.36. The molecule has 0 fully saturated rings. The third-order valence-electron chi connectivity index (χ3n) is 4.23. The van der Waals surface area contributed by atoms with E-state index in [1.165, 1.54) is 5.56 Å². The molecule has 1 aliphatic heterocycles. The third-order valence-corrected chi connectivity index (χ3v) is 4.23. The lowest BCUT2D eigenvalue weighted by molar-refractivity contribution is 0.0984. The van der Waals surface area contributed by atoms with E-state index in [1.54, 1.807) is 6.20 Å². The van der Waals surface area contributed by atoms with Gasteiger partial charge in [0.15, 0.2) is 0 Å². The van der Waals surface area contributed by atoms with Crippen molar-refractivity contribution in [1.29, 1.82) is 0 Å². The molecule has 2 aromatic rings. The van der Waals surface area contributed by atoms with Gasteiger partial charge in [0.25, 0.3) is 5.91 Å². The predicted molar refractivity (Wildman–Crippen MR) is 89.7 cm³/mol. The standard InChI is InChI=1S/C18H21N3O/c1-13-10-12-21(16-9-5-4-7-14(13)16)18(22)15-8-6-11-19-17(15)20(2)3/h4-9,11,13H,10,12H2,1-3H3/t13-/m0/s1. The summed E-state index contributed by atoms with van der Waals surface area (Å²) in [6.45, 7) is 2.97. The first-order valence-electron chi connectivity index (χ1n) is 7.62. The summed E-state index contributed by atoms with van der Waals surface area (Å²) < 4.78 is 0. The Bertz CT molecular complexity index is 696. The fourth-order valence-corrected chi connectivity index (χ4v) is 3.03. The number of carbonyl (C=O) groups excluding carboxylic acids is 1. The number of fused-ring (bicyclic) bond motifs is 1. The van der Waals surface area contributed by atoms with Gasteiger partial charge in [-0.25, -0.2) is 4.98 Å². The second kappa shape index (κ2) is 5.79. The molecule has 0 saturated carbocycles. The third kappa shape index (κ3) is 2.45. The van der Waals surface area contributed by atoms with Crippen LogP contribution in [0.2, 0.25) is 0 Å². The SMILES string of the molecule is C[C@H]1CCN(C(=O)c2cccnc2N(C)C)c2ccccc21. The van der Waals surface area contributed by atoms with Crippen molar-refractivity contribution in [3.63, 3.8) is 0 Å². The van der Waals surface area contributed by atoms with Crippen molar-refractivity contribution in [2.24, 2.45) is 0 Å². The molecule has 0 N–H and O–H groups in total. The first kappa shape index (κ1) is 14.6. The Labute approximate surface area is 131 Å². The summed E-state index contributed by atoms with van der Waals surface area (Å²) in [4.78, 5) is 21.2. The monoisotopic (exact) mass is 295 g/mol. The van der Waals surface area contributed by atoms with Gasteiger partial charge < -0.3 is 9.80 Å². The van der Waals surface area contributed by atoms with E-state index in [-0.39, 0.29) is 5.91 Å². The largest absolute Gasteiger partial charge is 0.362 e. The molecule has 1 aromatic carbocycles. The van der Waals surface area contributed by atoms with E-state index in [9.17, 15) is 4.79 Å². The van der Waals surface area contributed by atoms with Crippen molar-refractivity contribution in [2.45, 2.75) is 19.3 Å². The van der Waals surface area contributed by atoms with Gasteiger partial charge in [0, 0.05) is 32.5 Å². The van der Waals surface area contributed by atoms with Gasteiger partial charge >= 0.3 is 0 Å². The zero-order chi connectivity index (χ0) is 15.7. The van der Waals surface area contributed by atoms with Gasteiger partial charge in [0.1, 0.15) is 5.82 Å². The second-order valence-electron chi connectivity index (χ2n) is 5.97. The minimum Gasteiger partial charge on any atom is -0.362 e. The lowest BCUT2D eigenvalue weighted by Crippen LogP contribution is -2.37. The first-order chi connectivity index (χ1) is 10.6. The minimum atomic E-state index is 0.0242. The lowest BCUT2D eigenvalue weighted by Gasteiger charge is -2.33. The number of benzene rings is 1. The summed E-state index contributed by atoms with van der Waals surface area (Å²) in [5.74, 6) is 1.22. The Morgan fingerprint density at radius 3 is 2.77 bits per heavy atom. The molecule has 0 radical (unpaired) electrons. The van der Waals surface area contributed by atoms with Crippen LogP contribution < -0.4 is 9.80 Å². The number of hydrogen-bond acceptors (Lipinski definition) is 3. The van der Waals surface area contributed by atoms with Crippen LogP contribution in [0.4, 0.5) is 11.5 Å². The molecule has 1 atom stereocenters. The molecular formula is C18H21N3O. The summed E-state index contributed by atoms with van der Waals surface area (Å²) in [5.41, 5.74) is 2.93. The van der Waals surface area contributed by atoms with Gasteiger partial charge in [-0.3, -0.25) is 4.79 Å². The van der Waals surface area contributed by atoms with Crippen LogP contribution in [0.15, 0.2) is 42.6 Å². The van der Waals surface area contributed by atoms with Crippen molar-refractivity contribution >= 4 is 17.4 Å². The van der Waals surface area contributed by atoms with Crippen LogP contribution >= 0.6 is 0 Å². The summed E-state index contributed by atoms with van der Waals surface area (Å²) in [5, 5.41) is 0. The molecule has 1 aliphatic rings. The highest BCUT2D eigenvalue weighted by molar-refractivity contribution is 6.09. The Kier molecular flexibility index (Phi) is 3.84. The van der Waals surface area contributed by atoms with Gasteiger partial charge in [-0.1, -0.05) is 25.1 Å². The molecule has 3 rings (SSSR count). The Hall–Kier alpha value is -2.36.